The highest BCUT2D eigenvalue weighted by Gasteiger charge is 2.32. The number of ether oxygens (including phenoxy) is 1. The van der Waals surface area contributed by atoms with Gasteiger partial charge in [-0.3, -0.25) is 0 Å². The molecule has 0 spiro atoms. The van der Waals surface area contributed by atoms with Crippen LogP contribution < -0.4 is 5.73 Å². The topological polar surface area (TPSA) is 55.5 Å². The fourth-order valence-electron chi connectivity index (χ4n) is 1.61. The minimum Gasteiger partial charge on any atom is -0.386 e. The number of hydrogen-bond acceptors (Lipinski definition) is 3. The van der Waals surface area contributed by atoms with E-state index in [2.05, 4.69) is 0 Å². The third-order valence-corrected chi connectivity index (χ3v) is 2.24. The standard InChI is InChI=1S/C10H23NO2/c1-4-7-10(12,8-5-2)9(11)13-6-3/h9,12H,4-8,11H2,1-3H3. The Hall–Kier alpha value is -0.120. The molecule has 0 radical (unpaired) electrons. The summed E-state index contributed by atoms with van der Waals surface area (Å²) in [6, 6.07) is 0. The maximum absolute atomic E-state index is 10.2. The maximum atomic E-state index is 10.2. The fourth-order valence-corrected chi connectivity index (χ4v) is 1.61. The molecule has 0 aliphatic carbocycles. The lowest BCUT2D eigenvalue weighted by atomic mass is 9.91. The second kappa shape index (κ2) is 6.35. The lowest BCUT2D eigenvalue weighted by molar-refractivity contribution is -0.113. The highest BCUT2D eigenvalue weighted by Crippen LogP contribution is 2.23. The molecule has 0 fully saturated rings. The first-order valence-electron chi connectivity index (χ1n) is 5.20. The molecule has 1 unspecified atom stereocenters. The predicted molar refractivity (Wildman–Crippen MR) is 54.4 cm³/mol. The van der Waals surface area contributed by atoms with Gasteiger partial charge in [-0.2, -0.15) is 0 Å². The summed E-state index contributed by atoms with van der Waals surface area (Å²) in [5.74, 6) is 0. The van der Waals surface area contributed by atoms with Gasteiger partial charge in [-0.15, -0.1) is 0 Å². The molecule has 13 heavy (non-hydrogen) atoms. The Kier molecular flexibility index (Phi) is 6.29. The molecule has 0 aromatic carbocycles. The maximum Gasteiger partial charge on any atom is 0.134 e. The summed E-state index contributed by atoms with van der Waals surface area (Å²) in [6.07, 6.45) is 2.73. The molecule has 80 valence electrons. The average molecular weight is 189 g/mol. The summed E-state index contributed by atoms with van der Waals surface area (Å²) in [4.78, 5) is 0. The molecule has 0 aliphatic rings. The van der Waals surface area contributed by atoms with Crippen molar-refractivity contribution in [3.8, 4) is 0 Å². The van der Waals surface area contributed by atoms with Gasteiger partial charge in [0.1, 0.15) is 11.8 Å². The number of hydrogen-bond donors (Lipinski definition) is 2. The Bertz CT molecular complexity index is 122. The van der Waals surface area contributed by atoms with E-state index in [1.165, 1.54) is 0 Å². The molecule has 0 aromatic rings. The van der Waals surface area contributed by atoms with E-state index < -0.39 is 11.8 Å². The van der Waals surface area contributed by atoms with E-state index in [0.717, 1.165) is 12.8 Å². The van der Waals surface area contributed by atoms with E-state index in [9.17, 15) is 5.11 Å². The largest absolute Gasteiger partial charge is 0.386 e. The van der Waals surface area contributed by atoms with Crippen LogP contribution in [0.5, 0.6) is 0 Å². The molecular formula is C10H23NO2. The van der Waals surface area contributed by atoms with Gasteiger partial charge in [-0.25, -0.2) is 0 Å². The minimum atomic E-state index is -0.834. The Morgan fingerprint density at radius 2 is 1.69 bits per heavy atom. The zero-order chi connectivity index (χ0) is 10.3. The molecule has 1 atom stereocenters. The van der Waals surface area contributed by atoms with E-state index in [-0.39, 0.29) is 0 Å². The van der Waals surface area contributed by atoms with E-state index in [1.807, 2.05) is 20.8 Å². The molecule has 0 amide bonds. The SMILES string of the molecule is CCCC(O)(CCC)C(N)OCC. The van der Waals surface area contributed by atoms with Crippen LogP contribution in [0.1, 0.15) is 46.5 Å². The lowest BCUT2D eigenvalue weighted by Crippen LogP contribution is -2.49. The average Bonchev–Trinajstić information content (AvgIpc) is 2.05. The van der Waals surface area contributed by atoms with Crippen molar-refractivity contribution in [3.05, 3.63) is 0 Å². The van der Waals surface area contributed by atoms with Crippen molar-refractivity contribution in [1.29, 1.82) is 0 Å². The van der Waals surface area contributed by atoms with Crippen LogP contribution in [0.3, 0.4) is 0 Å². The molecule has 0 aromatic heterocycles. The van der Waals surface area contributed by atoms with Gasteiger partial charge in [0.25, 0.3) is 0 Å². The van der Waals surface area contributed by atoms with Gasteiger partial charge < -0.3 is 15.6 Å². The minimum absolute atomic E-state index is 0.544. The van der Waals surface area contributed by atoms with Crippen molar-refractivity contribution >= 4 is 0 Å². The van der Waals surface area contributed by atoms with E-state index in [4.69, 9.17) is 10.5 Å². The first-order valence-corrected chi connectivity index (χ1v) is 5.20. The van der Waals surface area contributed by atoms with E-state index in [0.29, 0.717) is 19.4 Å². The molecule has 0 aliphatic heterocycles. The molecular weight excluding hydrogens is 166 g/mol. The van der Waals surface area contributed by atoms with E-state index in [1.54, 1.807) is 0 Å². The predicted octanol–water partition coefficient (Wildman–Crippen LogP) is 1.64. The summed E-state index contributed by atoms with van der Waals surface area (Å²) >= 11 is 0. The number of rotatable bonds is 7. The molecule has 0 saturated heterocycles. The summed E-state index contributed by atoms with van der Waals surface area (Å²) in [6.45, 7) is 6.52. The van der Waals surface area contributed by atoms with Crippen LogP contribution in [0.25, 0.3) is 0 Å². The van der Waals surface area contributed by atoms with Gasteiger partial charge in [-0.05, 0) is 19.8 Å². The van der Waals surface area contributed by atoms with Gasteiger partial charge in [-0.1, -0.05) is 26.7 Å². The number of aliphatic hydroxyl groups is 1. The molecule has 0 saturated carbocycles. The highest BCUT2D eigenvalue weighted by molar-refractivity contribution is 4.83. The van der Waals surface area contributed by atoms with Crippen molar-refractivity contribution in [2.45, 2.75) is 58.3 Å². The van der Waals surface area contributed by atoms with Crippen molar-refractivity contribution in [2.75, 3.05) is 6.61 Å². The van der Waals surface area contributed by atoms with Gasteiger partial charge in [0, 0.05) is 6.61 Å². The third kappa shape index (κ3) is 4.07. The Labute approximate surface area is 81.3 Å². The molecule has 3 heteroatoms. The Morgan fingerprint density at radius 1 is 1.23 bits per heavy atom. The van der Waals surface area contributed by atoms with Crippen LogP contribution in [-0.2, 0) is 4.74 Å². The summed E-state index contributed by atoms with van der Waals surface area (Å²) in [5.41, 5.74) is 4.93. The first-order chi connectivity index (χ1) is 6.10. The molecule has 3 N–H and O–H groups in total. The van der Waals surface area contributed by atoms with Crippen LogP contribution in [0.4, 0.5) is 0 Å². The summed E-state index contributed by atoms with van der Waals surface area (Å²) in [5, 5.41) is 10.2. The summed E-state index contributed by atoms with van der Waals surface area (Å²) in [7, 11) is 0. The first kappa shape index (κ1) is 12.9. The number of nitrogens with two attached hydrogens (primary N) is 1. The van der Waals surface area contributed by atoms with Crippen molar-refractivity contribution < 1.29 is 9.84 Å². The Morgan fingerprint density at radius 3 is 2.00 bits per heavy atom. The fraction of sp³-hybridized carbons (Fsp3) is 1.00. The van der Waals surface area contributed by atoms with Crippen molar-refractivity contribution in [3.63, 3.8) is 0 Å². The monoisotopic (exact) mass is 189 g/mol. The zero-order valence-corrected chi connectivity index (χ0v) is 9.05. The van der Waals surface area contributed by atoms with Crippen LogP contribution in [0.15, 0.2) is 0 Å². The second-order valence-corrected chi connectivity index (χ2v) is 3.48. The van der Waals surface area contributed by atoms with Gasteiger partial charge >= 0.3 is 0 Å². The molecule has 0 rings (SSSR count). The van der Waals surface area contributed by atoms with Gasteiger partial charge in [0.05, 0.1) is 0 Å². The summed E-state index contributed by atoms with van der Waals surface area (Å²) < 4.78 is 5.24. The quantitative estimate of drug-likeness (QED) is 0.599. The van der Waals surface area contributed by atoms with Crippen LogP contribution in [0.2, 0.25) is 0 Å². The second-order valence-electron chi connectivity index (χ2n) is 3.48. The lowest BCUT2D eigenvalue weighted by Gasteiger charge is -2.33. The van der Waals surface area contributed by atoms with E-state index >= 15 is 0 Å². The van der Waals surface area contributed by atoms with Gasteiger partial charge in [0.2, 0.25) is 0 Å². The van der Waals surface area contributed by atoms with Crippen LogP contribution in [-0.4, -0.2) is 23.5 Å². The molecule has 0 bridgehead atoms. The van der Waals surface area contributed by atoms with Crippen molar-refractivity contribution in [2.24, 2.45) is 5.73 Å². The third-order valence-electron chi connectivity index (χ3n) is 2.24. The normalized spacial score (nSPS) is 14.5. The zero-order valence-electron chi connectivity index (χ0n) is 9.05. The highest BCUT2D eigenvalue weighted by atomic mass is 16.5. The molecule has 3 nitrogen and oxygen atoms in total. The smallest absolute Gasteiger partial charge is 0.134 e. The van der Waals surface area contributed by atoms with Crippen LogP contribution in [0, 0.1) is 0 Å². The molecule has 0 heterocycles. The van der Waals surface area contributed by atoms with Crippen LogP contribution >= 0.6 is 0 Å². The van der Waals surface area contributed by atoms with Gasteiger partial charge in [0.15, 0.2) is 0 Å². The Balaban J connectivity index is 4.18. The van der Waals surface area contributed by atoms with Crippen molar-refractivity contribution in [1.82, 2.24) is 0 Å².